The summed E-state index contributed by atoms with van der Waals surface area (Å²) in [5, 5.41) is 2.90. The van der Waals surface area contributed by atoms with E-state index in [1.165, 1.54) is 0 Å². The lowest BCUT2D eigenvalue weighted by atomic mass is 9.98. The van der Waals surface area contributed by atoms with E-state index in [2.05, 4.69) is 11.4 Å². The summed E-state index contributed by atoms with van der Waals surface area (Å²) in [6, 6.07) is 0.223. The fourth-order valence-corrected chi connectivity index (χ4v) is 1.55. The molecule has 1 saturated heterocycles. The number of morpholine rings is 1. The number of fused-ring (bicyclic) bond motifs is 1. The van der Waals surface area contributed by atoms with E-state index in [1.54, 1.807) is 0 Å². The molecule has 1 aliphatic heterocycles. The van der Waals surface area contributed by atoms with Crippen molar-refractivity contribution in [3.63, 3.8) is 0 Å². The van der Waals surface area contributed by atoms with E-state index in [-0.39, 0.29) is 24.7 Å². The normalized spacial score (nSPS) is 36.2. The van der Waals surface area contributed by atoms with Gasteiger partial charge < -0.3 is 10.1 Å². The largest absolute Gasteiger partial charge is 0.362 e. The molecule has 1 N–H and O–H groups in total. The molecule has 0 saturated carbocycles. The highest BCUT2D eigenvalue weighted by Gasteiger charge is 2.28. The quantitative estimate of drug-likeness (QED) is 0.505. The van der Waals surface area contributed by atoms with E-state index in [0.29, 0.717) is 0 Å². The van der Waals surface area contributed by atoms with Crippen molar-refractivity contribution < 1.29 is 9.53 Å². The molecule has 1 fully saturated rings. The summed E-state index contributed by atoms with van der Waals surface area (Å²) in [5.74, 6) is 0.0153. The smallest absolute Gasteiger partial charge is 0.246 e. The maximum atomic E-state index is 10.9. The molecule has 0 spiro atoms. The number of carbonyl (C=O) groups is 1. The van der Waals surface area contributed by atoms with Crippen LogP contribution in [0.4, 0.5) is 0 Å². The van der Waals surface area contributed by atoms with E-state index < -0.39 is 0 Å². The molecule has 3 nitrogen and oxygen atoms in total. The van der Waals surface area contributed by atoms with Gasteiger partial charge in [0.05, 0.1) is 12.1 Å². The highest BCUT2D eigenvalue weighted by Crippen LogP contribution is 2.17. The van der Waals surface area contributed by atoms with Gasteiger partial charge in [0.25, 0.3) is 0 Å². The fraction of sp³-hybridized carbons (Fsp3) is 0.625. The molecule has 60 valence electrons. The first kappa shape index (κ1) is 6.85. The van der Waals surface area contributed by atoms with Crippen LogP contribution in [0.1, 0.15) is 12.8 Å². The van der Waals surface area contributed by atoms with E-state index in [0.717, 1.165) is 12.8 Å². The van der Waals surface area contributed by atoms with Crippen LogP contribution in [0.5, 0.6) is 0 Å². The number of hydrogen-bond donors (Lipinski definition) is 1. The first-order chi connectivity index (χ1) is 5.36. The number of allylic oxidation sites excluding steroid dienone is 1. The lowest BCUT2D eigenvalue weighted by Crippen LogP contribution is -2.51. The Balaban J connectivity index is 2.07. The lowest BCUT2D eigenvalue weighted by Gasteiger charge is -2.32. The third kappa shape index (κ3) is 1.28. The molecule has 2 aliphatic rings. The molecule has 1 aliphatic carbocycles. The van der Waals surface area contributed by atoms with Crippen molar-refractivity contribution in [2.24, 2.45) is 0 Å². The molecule has 1 amide bonds. The second kappa shape index (κ2) is 2.66. The monoisotopic (exact) mass is 153 g/mol. The Labute approximate surface area is 65.4 Å². The Morgan fingerprint density at radius 3 is 3.45 bits per heavy atom. The zero-order chi connectivity index (χ0) is 7.68. The van der Waals surface area contributed by atoms with Crippen LogP contribution < -0.4 is 5.32 Å². The fourth-order valence-electron chi connectivity index (χ4n) is 1.55. The summed E-state index contributed by atoms with van der Waals surface area (Å²) in [6.07, 6.45) is 6.32. The molecule has 2 rings (SSSR count). The molecule has 0 aromatic carbocycles. The van der Waals surface area contributed by atoms with Crippen LogP contribution in [0, 0.1) is 0 Å². The van der Waals surface area contributed by atoms with Gasteiger partial charge in [-0.1, -0.05) is 12.2 Å². The Morgan fingerprint density at radius 2 is 2.55 bits per heavy atom. The van der Waals surface area contributed by atoms with Crippen LogP contribution in [0.3, 0.4) is 0 Å². The molecule has 11 heavy (non-hydrogen) atoms. The number of amides is 1. The molecule has 0 aromatic rings. The van der Waals surface area contributed by atoms with Gasteiger partial charge in [-0.2, -0.15) is 0 Å². The summed E-state index contributed by atoms with van der Waals surface area (Å²) in [5.41, 5.74) is 0. The third-order valence-corrected chi connectivity index (χ3v) is 2.12. The second-order valence-electron chi connectivity index (χ2n) is 2.96. The lowest BCUT2D eigenvalue weighted by molar-refractivity contribution is -0.134. The number of rotatable bonds is 0. The average molecular weight is 153 g/mol. The van der Waals surface area contributed by atoms with Crippen LogP contribution in [-0.2, 0) is 9.53 Å². The Morgan fingerprint density at radius 1 is 1.64 bits per heavy atom. The highest BCUT2D eigenvalue weighted by atomic mass is 16.5. The summed E-state index contributed by atoms with van der Waals surface area (Å²) in [4.78, 5) is 10.9. The molecule has 0 unspecified atom stereocenters. The van der Waals surface area contributed by atoms with E-state index >= 15 is 0 Å². The summed E-state index contributed by atoms with van der Waals surface area (Å²) >= 11 is 0. The van der Waals surface area contributed by atoms with Crippen molar-refractivity contribution in [1.82, 2.24) is 5.32 Å². The minimum atomic E-state index is 0.0153. The summed E-state index contributed by atoms with van der Waals surface area (Å²) < 4.78 is 5.30. The highest BCUT2D eigenvalue weighted by molar-refractivity contribution is 5.78. The van der Waals surface area contributed by atoms with Crippen molar-refractivity contribution in [2.75, 3.05) is 6.61 Å². The molecular formula is C8H11NO2. The Bertz CT molecular complexity index is 200. The van der Waals surface area contributed by atoms with Gasteiger partial charge in [-0.15, -0.1) is 0 Å². The van der Waals surface area contributed by atoms with E-state index in [9.17, 15) is 4.79 Å². The van der Waals surface area contributed by atoms with Gasteiger partial charge in [-0.3, -0.25) is 4.79 Å². The maximum Gasteiger partial charge on any atom is 0.246 e. The van der Waals surface area contributed by atoms with Crippen LogP contribution >= 0.6 is 0 Å². The standard InChI is InChI=1S/C8H11NO2/c10-8-5-11-7-4-2-1-3-6(7)9-8/h2,4,6-7H,1,3,5H2,(H,9,10)/t6-,7+/m1/s1. The second-order valence-corrected chi connectivity index (χ2v) is 2.96. The van der Waals surface area contributed by atoms with Crippen molar-refractivity contribution >= 4 is 5.91 Å². The number of hydrogen-bond acceptors (Lipinski definition) is 2. The van der Waals surface area contributed by atoms with Crippen LogP contribution in [0.25, 0.3) is 0 Å². The minimum absolute atomic E-state index is 0.0153. The zero-order valence-corrected chi connectivity index (χ0v) is 6.25. The maximum absolute atomic E-state index is 10.9. The summed E-state index contributed by atoms with van der Waals surface area (Å²) in [7, 11) is 0. The number of nitrogens with one attached hydrogen (secondary N) is 1. The molecule has 0 aromatic heterocycles. The molecule has 0 radical (unpaired) electrons. The Kier molecular flexibility index (Phi) is 1.66. The van der Waals surface area contributed by atoms with Crippen LogP contribution in [0.15, 0.2) is 12.2 Å². The van der Waals surface area contributed by atoms with Gasteiger partial charge in [-0.25, -0.2) is 0 Å². The SMILES string of the molecule is O=C1CO[C@H]2C=CCC[C@H]2N1. The van der Waals surface area contributed by atoms with Crippen molar-refractivity contribution in [3.8, 4) is 0 Å². The zero-order valence-electron chi connectivity index (χ0n) is 6.25. The van der Waals surface area contributed by atoms with Crippen molar-refractivity contribution in [2.45, 2.75) is 25.0 Å². The number of carbonyl (C=O) groups excluding carboxylic acids is 1. The predicted octanol–water partition coefficient (Wildman–Crippen LogP) is 0.220. The van der Waals surface area contributed by atoms with Gasteiger partial charge >= 0.3 is 0 Å². The minimum Gasteiger partial charge on any atom is -0.362 e. The van der Waals surface area contributed by atoms with Gasteiger partial charge in [0.15, 0.2) is 0 Å². The van der Waals surface area contributed by atoms with Crippen molar-refractivity contribution in [3.05, 3.63) is 12.2 Å². The van der Waals surface area contributed by atoms with E-state index in [4.69, 9.17) is 4.74 Å². The van der Waals surface area contributed by atoms with Crippen molar-refractivity contribution in [1.29, 1.82) is 0 Å². The molecule has 2 atom stereocenters. The first-order valence-corrected chi connectivity index (χ1v) is 3.94. The third-order valence-electron chi connectivity index (χ3n) is 2.12. The average Bonchev–Trinajstić information content (AvgIpc) is 2.04. The summed E-state index contributed by atoms with van der Waals surface area (Å²) in [6.45, 7) is 0.214. The van der Waals surface area contributed by atoms with Crippen LogP contribution in [-0.4, -0.2) is 24.7 Å². The van der Waals surface area contributed by atoms with Gasteiger partial charge in [-0.05, 0) is 12.8 Å². The Hall–Kier alpha value is -0.830. The predicted molar refractivity (Wildman–Crippen MR) is 40.0 cm³/mol. The topological polar surface area (TPSA) is 38.3 Å². The first-order valence-electron chi connectivity index (χ1n) is 3.94. The molecule has 0 bridgehead atoms. The number of ether oxygens (including phenoxy) is 1. The van der Waals surface area contributed by atoms with E-state index in [1.807, 2.05) is 6.08 Å². The van der Waals surface area contributed by atoms with Gasteiger partial charge in [0.1, 0.15) is 6.61 Å². The van der Waals surface area contributed by atoms with Gasteiger partial charge in [0, 0.05) is 0 Å². The molecule has 3 heteroatoms. The molecule has 1 heterocycles. The van der Waals surface area contributed by atoms with Gasteiger partial charge in [0.2, 0.25) is 5.91 Å². The van der Waals surface area contributed by atoms with Crippen LogP contribution in [0.2, 0.25) is 0 Å². The molecular weight excluding hydrogens is 142 g/mol.